The molecule has 1 aromatic rings. The lowest BCUT2D eigenvalue weighted by Crippen LogP contribution is -2.18. The topological polar surface area (TPSA) is 74.6 Å². The summed E-state index contributed by atoms with van der Waals surface area (Å²) in [6.45, 7) is 12.1. The van der Waals surface area contributed by atoms with Gasteiger partial charge in [0.05, 0.1) is 6.42 Å². The van der Waals surface area contributed by atoms with Crippen LogP contribution in [0, 0.1) is 0 Å². The van der Waals surface area contributed by atoms with Crippen LogP contribution in [0.1, 0.15) is 71.1 Å². The molecule has 0 saturated heterocycles. The lowest BCUT2D eigenvalue weighted by molar-refractivity contribution is -0.138. The minimum absolute atomic E-state index is 0.0336. The van der Waals surface area contributed by atoms with Crippen molar-refractivity contribution < 1.29 is 19.8 Å². The number of phenolic OH excluding ortho intramolecular Hbond substituents is 1. The number of Topliss-reactive ketones (excluding diaryl/α,β-unsaturated/α-hetero) is 1. The van der Waals surface area contributed by atoms with E-state index in [9.17, 15) is 14.7 Å². The van der Waals surface area contributed by atoms with Crippen molar-refractivity contribution in [1.82, 2.24) is 0 Å². The Balaban J connectivity index is 3.23. The number of ketones is 1. The Morgan fingerprint density at radius 2 is 1.35 bits per heavy atom. The van der Waals surface area contributed by atoms with Crippen molar-refractivity contribution in [3.8, 4) is 5.75 Å². The summed E-state index contributed by atoms with van der Waals surface area (Å²) < 4.78 is 0. The van der Waals surface area contributed by atoms with Crippen LogP contribution in [0.4, 0.5) is 0 Å². The number of carboxylic acid groups (broad SMARTS) is 1. The van der Waals surface area contributed by atoms with Gasteiger partial charge < -0.3 is 10.2 Å². The summed E-state index contributed by atoms with van der Waals surface area (Å²) in [5.74, 6) is -0.778. The van der Waals surface area contributed by atoms with Gasteiger partial charge in [0.2, 0.25) is 0 Å². The summed E-state index contributed by atoms with van der Waals surface area (Å²) in [6, 6.07) is 3.73. The van der Waals surface area contributed by atoms with Gasteiger partial charge in [-0.2, -0.15) is 0 Å². The first-order chi connectivity index (χ1) is 10.3. The first kappa shape index (κ1) is 19.2. The van der Waals surface area contributed by atoms with Crippen LogP contribution < -0.4 is 0 Å². The van der Waals surface area contributed by atoms with Crippen molar-refractivity contribution >= 4 is 11.8 Å². The number of aromatic hydroxyl groups is 1. The van der Waals surface area contributed by atoms with Gasteiger partial charge in [-0.05, 0) is 27.5 Å². The lowest BCUT2D eigenvalue weighted by atomic mass is 9.78. The van der Waals surface area contributed by atoms with Gasteiger partial charge in [0.25, 0.3) is 0 Å². The van der Waals surface area contributed by atoms with Crippen LogP contribution in [0.5, 0.6) is 5.75 Å². The third kappa shape index (κ3) is 5.38. The molecule has 0 saturated carbocycles. The highest BCUT2D eigenvalue weighted by molar-refractivity contribution is 5.84. The zero-order valence-electron chi connectivity index (χ0n) is 15.0. The van der Waals surface area contributed by atoms with E-state index in [-0.39, 0.29) is 41.6 Å². The molecule has 4 nitrogen and oxygen atoms in total. The summed E-state index contributed by atoms with van der Waals surface area (Å²) in [7, 11) is 0. The molecule has 0 unspecified atom stereocenters. The molecule has 0 atom stereocenters. The summed E-state index contributed by atoms with van der Waals surface area (Å²) in [6.07, 6.45) is 0.0841. The molecular formula is C19H28O4. The maximum atomic E-state index is 12.0. The fourth-order valence-electron chi connectivity index (χ4n) is 2.50. The van der Waals surface area contributed by atoms with Gasteiger partial charge in [-0.15, -0.1) is 0 Å². The Morgan fingerprint density at radius 3 is 1.70 bits per heavy atom. The van der Waals surface area contributed by atoms with Gasteiger partial charge in [-0.3, -0.25) is 9.59 Å². The highest BCUT2D eigenvalue weighted by Gasteiger charge is 2.26. The Bertz CT molecular complexity index is 566. The molecule has 2 N–H and O–H groups in total. The van der Waals surface area contributed by atoms with Gasteiger partial charge in [0, 0.05) is 12.8 Å². The molecule has 128 valence electrons. The van der Waals surface area contributed by atoms with Crippen molar-refractivity contribution in [2.24, 2.45) is 0 Å². The number of phenols is 1. The number of hydrogen-bond donors (Lipinski definition) is 2. The number of carboxylic acids is 1. The van der Waals surface area contributed by atoms with Crippen LogP contribution in [-0.2, 0) is 26.8 Å². The van der Waals surface area contributed by atoms with E-state index in [0.29, 0.717) is 0 Å². The molecule has 0 fully saturated rings. The van der Waals surface area contributed by atoms with E-state index in [1.165, 1.54) is 0 Å². The molecule has 0 heterocycles. The second-order valence-corrected chi connectivity index (χ2v) is 8.15. The van der Waals surface area contributed by atoms with Crippen LogP contribution in [0.15, 0.2) is 12.1 Å². The van der Waals surface area contributed by atoms with Gasteiger partial charge in [0.1, 0.15) is 11.5 Å². The van der Waals surface area contributed by atoms with Gasteiger partial charge in [-0.1, -0.05) is 53.7 Å². The van der Waals surface area contributed by atoms with Crippen LogP contribution >= 0.6 is 0 Å². The Hall–Kier alpha value is -1.84. The Kier molecular flexibility index (Phi) is 5.62. The van der Waals surface area contributed by atoms with Crippen molar-refractivity contribution in [2.75, 3.05) is 0 Å². The predicted molar refractivity (Wildman–Crippen MR) is 91.1 cm³/mol. The minimum Gasteiger partial charge on any atom is -0.507 e. The van der Waals surface area contributed by atoms with Crippen LogP contribution in [0.25, 0.3) is 0 Å². The third-order valence-corrected chi connectivity index (χ3v) is 3.80. The zero-order chi connectivity index (χ0) is 18.0. The number of benzene rings is 1. The summed E-state index contributed by atoms with van der Waals surface area (Å²) in [4.78, 5) is 22.6. The fraction of sp³-hybridized carbons (Fsp3) is 0.579. The smallest absolute Gasteiger partial charge is 0.303 e. The summed E-state index contributed by atoms with van der Waals surface area (Å²) >= 11 is 0. The van der Waals surface area contributed by atoms with Crippen molar-refractivity contribution in [1.29, 1.82) is 0 Å². The number of hydrogen-bond acceptors (Lipinski definition) is 3. The SMILES string of the molecule is CC(C)(C)c1cc(CC(=O)CCC(=O)O)cc(C(C)(C)C)c1O. The number of rotatable bonds is 5. The molecule has 4 heteroatoms. The standard InChI is InChI=1S/C19H28O4/c1-18(2,3)14-10-12(9-13(20)7-8-16(21)22)11-15(17(14)23)19(4,5)6/h10-11,23H,7-9H2,1-6H3,(H,21,22). The summed E-state index contributed by atoms with van der Waals surface area (Å²) in [5, 5.41) is 19.3. The number of aliphatic carboxylic acids is 1. The van der Waals surface area contributed by atoms with E-state index < -0.39 is 5.97 Å². The largest absolute Gasteiger partial charge is 0.507 e. The maximum absolute atomic E-state index is 12.0. The molecule has 0 amide bonds. The molecule has 1 aromatic carbocycles. The van der Waals surface area contributed by atoms with Gasteiger partial charge in [0.15, 0.2) is 0 Å². The van der Waals surface area contributed by atoms with Crippen LogP contribution in [0.3, 0.4) is 0 Å². The van der Waals surface area contributed by atoms with Crippen molar-refractivity contribution in [2.45, 2.75) is 71.6 Å². The lowest BCUT2D eigenvalue weighted by Gasteiger charge is -2.28. The number of carbonyl (C=O) groups excluding carboxylic acids is 1. The van der Waals surface area contributed by atoms with E-state index in [0.717, 1.165) is 16.7 Å². The van der Waals surface area contributed by atoms with Crippen LogP contribution in [0.2, 0.25) is 0 Å². The van der Waals surface area contributed by atoms with E-state index in [1.54, 1.807) is 0 Å². The normalized spacial score (nSPS) is 12.3. The summed E-state index contributed by atoms with van der Waals surface area (Å²) in [5.41, 5.74) is 1.96. The minimum atomic E-state index is -0.963. The highest BCUT2D eigenvalue weighted by atomic mass is 16.4. The quantitative estimate of drug-likeness (QED) is 0.861. The molecule has 0 radical (unpaired) electrons. The molecule has 0 aliphatic rings. The second kappa shape index (κ2) is 6.73. The van der Waals surface area contributed by atoms with E-state index in [4.69, 9.17) is 5.11 Å². The van der Waals surface area contributed by atoms with Gasteiger partial charge >= 0.3 is 5.97 Å². The molecule has 0 aliphatic carbocycles. The monoisotopic (exact) mass is 320 g/mol. The molecule has 0 bridgehead atoms. The molecule has 0 spiro atoms. The fourth-order valence-corrected chi connectivity index (χ4v) is 2.50. The van der Waals surface area contributed by atoms with Crippen molar-refractivity contribution in [3.05, 3.63) is 28.8 Å². The second-order valence-electron chi connectivity index (χ2n) is 8.15. The molecule has 0 aromatic heterocycles. The van der Waals surface area contributed by atoms with E-state index in [2.05, 4.69) is 0 Å². The Morgan fingerprint density at radius 1 is 0.913 bits per heavy atom. The van der Waals surface area contributed by atoms with Gasteiger partial charge in [-0.25, -0.2) is 0 Å². The first-order valence-corrected chi connectivity index (χ1v) is 7.92. The first-order valence-electron chi connectivity index (χ1n) is 7.92. The predicted octanol–water partition coefficient (Wildman–Crippen LogP) is 3.96. The highest BCUT2D eigenvalue weighted by Crippen LogP contribution is 2.39. The number of carbonyl (C=O) groups is 2. The molecule has 0 aliphatic heterocycles. The third-order valence-electron chi connectivity index (χ3n) is 3.80. The Labute approximate surface area is 138 Å². The molecular weight excluding hydrogens is 292 g/mol. The molecule has 1 rings (SSSR count). The zero-order valence-corrected chi connectivity index (χ0v) is 15.0. The van der Waals surface area contributed by atoms with E-state index in [1.807, 2.05) is 53.7 Å². The van der Waals surface area contributed by atoms with Crippen LogP contribution in [-0.4, -0.2) is 22.0 Å². The van der Waals surface area contributed by atoms with E-state index >= 15 is 0 Å². The average molecular weight is 320 g/mol. The molecule has 23 heavy (non-hydrogen) atoms. The average Bonchev–Trinajstić information content (AvgIpc) is 2.35. The van der Waals surface area contributed by atoms with Crippen molar-refractivity contribution in [3.63, 3.8) is 0 Å². The maximum Gasteiger partial charge on any atom is 0.303 e.